The van der Waals surface area contributed by atoms with Gasteiger partial charge in [0.1, 0.15) is 37.9 Å². The summed E-state index contributed by atoms with van der Waals surface area (Å²) in [7, 11) is 9.65. The smallest absolute Gasteiger partial charge is 0.417 e. The van der Waals surface area contributed by atoms with Crippen molar-refractivity contribution in [3.8, 4) is 0 Å². The number of esters is 6. The minimum atomic E-state index is -1.19. The second-order valence-corrected chi connectivity index (χ2v) is 21.7. The normalized spacial score (nSPS) is 13.1. The molecule has 2 aliphatic rings. The van der Waals surface area contributed by atoms with E-state index in [2.05, 4.69) is 93.3 Å². The standard InChI is InChI=1S/C17H31N3O6.C15H29N3O4.C12H24N2O3.C7H9NO5.C6H15N.C4H5NO3.C2H4O3/c1-4-5-6-7-10-18-17(25)13(8-9-16(24)26-3)19-14(22)11-20(2)15(23)12-21;1-4-5-6-7-10-17-15(21)12(8-9-14(20)22-3)18-13(19)11-16-2;1-3-4-5-6-9-14-12(16)10(13)7-8-11(15)17-2;1-12-5(9)3-2-4-6(10)13-7(11)8-4;1-2-3-4-5-6-7;1-5-2-3(6)8-4(5)7;3-1-2(4)5/h13,21H,4-12H2,1-3H3,(H,18,25)(H,19,22);12,16H,4-11H2,1-3H3,(H,17,21)(H,18,19);10H,3-9,13H2,1-2H3,(H,14,16);4H,2-3H2,1H3,(H,8,11);2-7H2,1H3;2H2,1H3;3H,1H2,(H,4,5). The molecule has 2 fully saturated rings. The third-order valence-corrected chi connectivity index (χ3v) is 13.2. The lowest BCUT2D eigenvalue weighted by Gasteiger charge is -2.20. The fourth-order valence-corrected chi connectivity index (χ4v) is 7.49. The van der Waals surface area contributed by atoms with Crippen LogP contribution in [0.3, 0.4) is 0 Å². The molecule has 0 aromatic heterocycles. The number of carboxylic acid groups (broad SMARTS) is 1. The zero-order valence-corrected chi connectivity index (χ0v) is 59.6. The lowest BCUT2D eigenvalue weighted by Crippen LogP contribution is -2.50. The molecule has 4 atom stereocenters. The number of aliphatic hydroxyl groups is 2. The molecule has 2 saturated heterocycles. The van der Waals surface area contributed by atoms with Crippen molar-refractivity contribution in [1.82, 2.24) is 47.0 Å². The predicted molar refractivity (Wildman–Crippen MR) is 357 cm³/mol. The Balaban J connectivity index is -0.000000363. The van der Waals surface area contributed by atoms with Gasteiger partial charge in [-0.15, -0.1) is 0 Å². The number of likely N-dealkylation sites (N-methyl/N-ethyl adjacent to an activating group) is 3. The maximum absolute atomic E-state index is 12.3. The predicted octanol–water partition coefficient (Wildman–Crippen LogP) is 0.634. The summed E-state index contributed by atoms with van der Waals surface area (Å²) in [6.07, 6.45) is 17.7. The van der Waals surface area contributed by atoms with Crippen molar-refractivity contribution in [2.24, 2.45) is 11.5 Å². The van der Waals surface area contributed by atoms with E-state index in [0.29, 0.717) is 26.1 Å². The Morgan fingerprint density at radius 1 is 0.592 bits per heavy atom. The third-order valence-electron chi connectivity index (χ3n) is 13.2. The van der Waals surface area contributed by atoms with Gasteiger partial charge in [-0.05, 0) is 65.0 Å². The van der Waals surface area contributed by atoms with Gasteiger partial charge in [0.2, 0.25) is 35.4 Å². The van der Waals surface area contributed by atoms with E-state index in [9.17, 15) is 67.1 Å². The van der Waals surface area contributed by atoms with Crippen LogP contribution in [0.2, 0.25) is 0 Å². The molecular weight excluding hydrogens is 1290 g/mol. The summed E-state index contributed by atoms with van der Waals surface area (Å²) in [5.74, 6) is -6.21. The number of rotatable bonds is 42. The average molecular weight is 1410 g/mol. The van der Waals surface area contributed by atoms with E-state index >= 15 is 0 Å². The van der Waals surface area contributed by atoms with E-state index in [1.165, 1.54) is 86.0 Å². The van der Waals surface area contributed by atoms with Crippen molar-refractivity contribution in [1.29, 1.82) is 0 Å². The Morgan fingerprint density at radius 2 is 0.990 bits per heavy atom. The molecule has 8 amide bonds. The van der Waals surface area contributed by atoms with E-state index in [0.717, 1.165) is 75.7 Å². The number of nitrogens with two attached hydrogens (primary N) is 2. The first-order valence-electron chi connectivity index (χ1n) is 33.0. The Bertz CT molecular complexity index is 2300. The van der Waals surface area contributed by atoms with Crippen molar-refractivity contribution >= 4 is 89.4 Å². The van der Waals surface area contributed by atoms with Crippen molar-refractivity contribution in [2.45, 2.75) is 206 Å². The number of aliphatic carboxylic acids is 1. The fourth-order valence-electron chi connectivity index (χ4n) is 7.49. The Labute approximate surface area is 576 Å². The maximum atomic E-state index is 12.3. The Hall–Kier alpha value is -8.15. The van der Waals surface area contributed by atoms with Crippen LogP contribution in [-0.2, 0) is 90.8 Å². The topological polar surface area (TPSA) is 515 Å². The number of carbonyl (C=O) groups excluding carboxylic acids is 14. The van der Waals surface area contributed by atoms with E-state index in [1.807, 2.05) is 0 Å². The summed E-state index contributed by atoms with van der Waals surface area (Å²) in [6.45, 7) is 9.58. The highest BCUT2D eigenvalue weighted by molar-refractivity contribution is 5.96. The van der Waals surface area contributed by atoms with Gasteiger partial charge in [-0.25, -0.2) is 24.0 Å². The molecule has 0 aromatic rings. The van der Waals surface area contributed by atoms with E-state index in [4.69, 9.17) is 31.6 Å². The summed E-state index contributed by atoms with van der Waals surface area (Å²) in [6, 6.07) is -2.96. The molecule has 0 spiro atoms. The molecule has 0 aliphatic carbocycles. The van der Waals surface area contributed by atoms with Crippen LogP contribution in [-0.4, -0.2) is 247 Å². The van der Waals surface area contributed by atoms with Crippen LogP contribution in [0, 0.1) is 0 Å². The van der Waals surface area contributed by atoms with Crippen LogP contribution in [0.4, 0.5) is 9.59 Å². The summed E-state index contributed by atoms with van der Waals surface area (Å²) in [5, 5.41) is 42.3. The van der Waals surface area contributed by atoms with Gasteiger partial charge in [-0.2, -0.15) is 0 Å². The molecule has 35 heteroatoms. The Kier molecular flexibility index (Phi) is 67.8. The quantitative estimate of drug-likeness (QED) is 0.0173. The number of methoxy groups -OCH3 is 4. The molecule has 568 valence electrons. The van der Waals surface area contributed by atoms with Gasteiger partial charge < -0.3 is 97.3 Å². The van der Waals surface area contributed by atoms with Crippen LogP contribution in [0.5, 0.6) is 0 Å². The van der Waals surface area contributed by atoms with Gasteiger partial charge in [0.25, 0.3) is 0 Å². The van der Waals surface area contributed by atoms with Gasteiger partial charge in [0.15, 0.2) is 0 Å². The number of carboxylic acids is 1. The minimum Gasteiger partial charge on any atom is -0.480 e. The summed E-state index contributed by atoms with van der Waals surface area (Å²) in [4.78, 5) is 168. The van der Waals surface area contributed by atoms with Crippen molar-refractivity contribution in [3.05, 3.63) is 0 Å². The molecule has 14 N–H and O–H groups in total. The zero-order chi connectivity index (χ0) is 75.7. The van der Waals surface area contributed by atoms with E-state index in [1.54, 1.807) is 7.05 Å². The van der Waals surface area contributed by atoms with E-state index in [-0.39, 0.29) is 94.2 Å². The highest BCUT2D eigenvalue weighted by Gasteiger charge is 2.32. The first-order chi connectivity index (χ1) is 46.5. The van der Waals surface area contributed by atoms with Gasteiger partial charge >= 0.3 is 54.0 Å². The second-order valence-electron chi connectivity index (χ2n) is 21.7. The summed E-state index contributed by atoms with van der Waals surface area (Å²) in [5.41, 5.74) is 10.9. The minimum absolute atomic E-state index is 0.0177. The molecule has 0 aromatic carbocycles. The van der Waals surface area contributed by atoms with Crippen LogP contribution >= 0.6 is 0 Å². The number of unbranched alkanes of at least 4 members (excludes halogenated alkanes) is 12. The molecule has 0 radical (unpaired) electrons. The monoisotopic (exact) mass is 1410 g/mol. The number of aliphatic hydroxyl groups excluding tert-OH is 2. The molecule has 4 unspecified atom stereocenters. The number of nitrogens with one attached hydrogen (secondary N) is 7. The van der Waals surface area contributed by atoms with Crippen LogP contribution in [0.15, 0.2) is 0 Å². The number of hydrogen-bond acceptors (Lipinski definition) is 26. The second kappa shape index (κ2) is 67.4. The highest BCUT2D eigenvalue weighted by atomic mass is 16.6. The number of nitrogens with zero attached hydrogens (tertiary/aromatic N) is 2. The van der Waals surface area contributed by atoms with Crippen molar-refractivity contribution in [2.75, 3.05) is 109 Å². The van der Waals surface area contributed by atoms with Crippen LogP contribution in [0.25, 0.3) is 0 Å². The van der Waals surface area contributed by atoms with Gasteiger partial charge in [-0.3, -0.25) is 52.8 Å². The SMILES string of the molecule is CCCCCCN.CCCCCCNC(=O)C(CCC(=O)OC)NC(=O)CN(C)C(=O)CO.CCCCCCNC(=O)C(CCC(=O)OC)NC(=O)CNC.CCCCCCNC(=O)C(N)CCC(=O)OC.CN1CC(=O)OC1=O.COC(=O)CCC1NC(=O)OC1=O.O=C(O)CO. The van der Waals surface area contributed by atoms with Crippen LogP contribution < -0.4 is 48.7 Å². The summed E-state index contributed by atoms with van der Waals surface area (Å²) >= 11 is 0. The number of hydrogen-bond donors (Lipinski definition) is 12. The van der Waals surface area contributed by atoms with Crippen molar-refractivity contribution < 1.29 is 116 Å². The fraction of sp³-hybridized carbons (Fsp3) is 0.762. The van der Waals surface area contributed by atoms with E-state index < -0.39 is 97.2 Å². The highest BCUT2D eigenvalue weighted by Crippen LogP contribution is 2.08. The zero-order valence-electron chi connectivity index (χ0n) is 59.6. The molecule has 2 rings (SSSR count). The lowest BCUT2D eigenvalue weighted by molar-refractivity contribution is -0.142. The van der Waals surface area contributed by atoms with Gasteiger partial charge in [0.05, 0.1) is 47.6 Å². The average Bonchev–Trinajstić information content (AvgIpc) is 1.69. The number of carbonyl (C=O) groups is 15. The van der Waals surface area contributed by atoms with Crippen LogP contribution in [0.1, 0.15) is 182 Å². The summed E-state index contributed by atoms with van der Waals surface area (Å²) < 4.78 is 26.3. The number of ether oxygens (including phenoxy) is 6. The largest absolute Gasteiger partial charge is 0.480 e. The Morgan fingerprint density at radius 3 is 1.32 bits per heavy atom. The molecule has 0 saturated carbocycles. The third kappa shape index (κ3) is 61.4. The van der Waals surface area contributed by atoms with Crippen molar-refractivity contribution in [3.63, 3.8) is 0 Å². The number of amides is 8. The lowest BCUT2D eigenvalue weighted by atomic mass is 10.1. The van der Waals surface area contributed by atoms with Gasteiger partial charge in [-0.1, -0.05) is 105 Å². The molecule has 2 heterocycles. The maximum Gasteiger partial charge on any atom is 0.417 e. The molecule has 0 bridgehead atoms. The molecule has 35 nitrogen and oxygen atoms in total. The molecule has 2 aliphatic heterocycles. The first kappa shape index (κ1) is 98.5. The van der Waals surface area contributed by atoms with Gasteiger partial charge in [0, 0.05) is 59.4 Å². The molecule has 98 heavy (non-hydrogen) atoms. The first-order valence-corrected chi connectivity index (χ1v) is 33.0. The molecular formula is C63H117N11O24. The number of alkyl carbamates (subject to hydrolysis) is 1. The number of cyclic esters (lactones) is 4.